The molecule has 0 heterocycles. The molecular weight excluding hydrogens is 136 g/mol. The summed E-state index contributed by atoms with van der Waals surface area (Å²) >= 11 is 5.90. The lowest BCUT2D eigenvalue weighted by atomic mass is 10.1. The molecule has 1 nitrogen and oxygen atoms in total. The Balaban J connectivity index is 2.30. The molecule has 0 aromatic heterocycles. The molecule has 0 saturated heterocycles. The highest BCUT2D eigenvalue weighted by molar-refractivity contribution is 6.21. The number of alkyl halides is 1. The smallest absolute Gasteiger partial charge is 0.120 e. The third-order valence-corrected chi connectivity index (χ3v) is 2.54. The Morgan fingerprint density at radius 1 is 1.56 bits per heavy atom. The van der Waals surface area contributed by atoms with E-state index in [4.69, 9.17) is 11.6 Å². The molecule has 1 fully saturated rings. The van der Waals surface area contributed by atoms with Crippen LogP contribution in [0.5, 0.6) is 0 Å². The van der Waals surface area contributed by atoms with E-state index in [1.54, 1.807) is 0 Å². The van der Waals surface area contributed by atoms with Crippen LogP contribution in [-0.4, -0.2) is 11.7 Å². The molecule has 0 radical (unpaired) electrons. The summed E-state index contributed by atoms with van der Waals surface area (Å²) in [5, 5.41) is 0.273. The van der Waals surface area contributed by atoms with Gasteiger partial charge in [0, 0.05) is 11.8 Å². The number of hydrogen-bond donors (Lipinski definition) is 0. The van der Waals surface area contributed by atoms with Gasteiger partial charge in [-0.3, -0.25) is 0 Å². The summed E-state index contributed by atoms with van der Waals surface area (Å²) in [7, 11) is 0. The highest BCUT2D eigenvalue weighted by Crippen LogP contribution is 2.31. The lowest BCUT2D eigenvalue weighted by Crippen LogP contribution is -2.06. The predicted octanol–water partition coefficient (Wildman–Crippen LogP) is 1.98. The Hall–Kier alpha value is -0.0400. The van der Waals surface area contributed by atoms with Gasteiger partial charge < -0.3 is 4.79 Å². The molecule has 2 heteroatoms. The van der Waals surface area contributed by atoms with Crippen molar-refractivity contribution in [1.29, 1.82) is 0 Å². The predicted molar refractivity (Wildman–Crippen MR) is 37.7 cm³/mol. The van der Waals surface area contributed by atoms with Gasteiger partial charge >= 0.3 is 0 Å². The molecule has 52 valence electrons. The first-order valence-corrected chi connectivity index (χ1v) is 3.86. The molecule has 1 aliphatic rings. The average molecular weight is 147 g/mol. The van der Waals surface area contributed by atoms with Crippen LogP contribution in [0.3, 0.4) is 0 Å². The maximum absolute atomic E-state index is 10.0. The standard InChI is InChI=1S/C7H11ClO/c8-7-3-1-2-6(7)4-5-9/h5-7H,1-4H2. The molecule has 0 aliphatic heterocycles. The van der Waals surface area contributed by atoms with Gasteiger partial charge in [-0.05, 0) is 18.8 Å². The number of rotatable bonds is 2. The van der Waals surface area contributed by atoms with E-state index in [9.17, 15) is 4.79 Å². The zero-order valence-corrected chi connectivity index (χ0v) is 6.10. The third kappa shape index (κ3) is 1.68. The summed E-state index contributed by atoms with van der Waals surface area (Å²) in [5.41, 5.74) is 0. The molecule has 1 rings (SSSR count). The third-order valence-electron chi connectivity index (χ3n) is 1.97. The minimum atomic E-state index is 0.273. The van der Waals surface area contributed by atoms with Crippen molar-refractivity contribution < 1.29 is 4.79 Å². The van der Waals surface area contributed by atoms with E-state index in [0.29, 0.717) is 12.3 Å². The fourth-order valence-electron chi connectivity index (χ4n) is 1.38. The van der Waals surface area contributed by atoms with Gasteiger partial charge in [-0.2, -0.15) is 0 Å². The zero-order valence-electron chi connectivity index (χ0n) is 5.35. The summed E-state index contributed by atoms with van der Waals surface area (Å²) in [6.07, 6.45) is 5.08. The minimum absolute atomic E-state index is 0.273. The van der Waals surface area contributed by atoms with E-state index in [2.05, 4.69) is 0 Å². The maximum Gasteiger partial charge on any atom is 0.120 e. The Kier molecular flexibility index (Phi) is 2.52. The largest absolute Gasteiger partial charge is 0.303 e. The lowest BCUT2D eigenvalue weighted by molar-refractivity contribution is -0.108. The quantitative estimate of drug-likeness (QED) is 0.430. The van der Waals surface area contributed by atoms with Crippen molar-refractivity contribution in [2.75, 3.05) is 0 Å². The number of halogens is 1. The molecule has 0 spiro atoms. The van der Waals surface area contributed by atoms with Gasteiger partial charge in [0.15, 0.2) is 0 Å². The molecular formula is C7H11ClO. The molecule has 0 amide bonds. The minimum Gasteiger partial charge on any atom is -0.303 e. The van der Waals surface area contributed by atoms with Crippen LogP contribution < -0.4 is 0 Å². The van der Waals surface area contributed by atoms with E-state index in [1.807, 2.05) is 0 Å². The normalized spacial score (nSPS) is 34.8. The van der Waals surface area contributed by atoms with E-state index < -0.39 is 0 Å². The van der Waals surface area contributed by atoms with Crippen LogP contribution in [0, 0.1) is 5.92 Å². The van der Waals surface area contributed by atoms with Gasteiger partial charge in [0.1, 0.15) is 6.29 Å². The Morgan fingerprint density at radius 3 is 2.78 bits per heavy atom. The van der Waals surface area contributed by atoms with Crippen molar-refractivity contribution in [3.05, 3.63) is 0 Å². The average Bonchev–Trinajstić information content (AvgIpc) is 2.18. The van der Waals surface area contributed by atoms with Crippen molar-refractivity contribution in [3.63, 3.8) is 0 Å². The summed E-state index contributed by atoms with van der Waals surface area (Å²) in [6.45, 7) is 0. The van der Waals surface area contributed by atoms with E-state index in [-0.39, 0.29) is 5.38 Å². The van der Waals surface area contributed by atoms with Crippen molar-refractivity contribution in [1.82, 2.24) is 0 Å². The van der Waals surface area contributed by atoms with Gasteiger partial charge in [-0.25, -0.2) is 0 Å². The van der Waals surface area contributed by atoms with Crippen molar-refractivity contribution in [2.45, 2.75) is 31.1 Å². The molecule has 1 saturated carbocycles. The molecule has 2 atom stereocenters. The second-order valence-corrected chi connectivity index (χ2v) is 3.17. The molecule has 0 aromatic rings. The van der Waals surface area contributed by atoms with Gasteiger partial charge in [-0.15, -0.1) is 11.6 Å². The van der Waals surface area contributed by atoms with Crippen LogP contribution in [0.4, 0.5) is 0 Å². The summed E-state index contributed by atoms with van der Waals surface area (Å²) in [5.74, 6) is 0.476. The van der Waals surface area contributed by atoms with E-state index in [1.165, 1.54) is 6.42 Å². The maximum atomic E-state index is 10.0. The number of hydrogen-bond acceptors (Lipinski definition) is 1. The van der Waals surface area contributed by atoms with Gasteiger partial charge in [0.05, 0.1) is 0 Å². The monoisotopic (exact) mass is 146 g/mol. The molecule has 2 unspecified atom stereocenters. The van der Waals surface area contributed by atoms with Crippen LogP contribution in [0.1, 0.15) is 25.7 Å². The first kappa shape index (κ1) is 7.07. The Labute approximate surface area is 60.4 Å². The fourth-order valence-corrected chi connectivity index (χ4v) is 1.76. The van der Waals surface area contributed by atoms with Gasteiger partial charge in [-0.1, -0.05) is 6.42 Å². The Bertz CT molecular complexity index is 103. The van der Waals surface area contributed by atoms with Crippen molar-refractivity contribution >= 4 is 17.9 Å². The SMILES string of the molecule is O=CCC1CCCC1Cl. The van der Waals surface area contributed by atoms with Gasteiger partial charge in [0.2, 0.25) is 0 Å². The number of aldehydes is 1. The van der Waals surface area contributed by atoms with Gasteiger partial charge in [0.25, 0.3) is 0 Å². The molecule has 0 N–H and O–H groups in total. The van der Waals surface area contributed by atoms with Crippen LogP contribution in [0.2, 0.25) is 0 Å². The van der Waals surface area contributed by atoms with Crippen LogP contribution in [0.25, 0.3) is 0 Å². The first-order chi connectivity index (χ1) is 4.34. The van der Waals surface area contributed by atoms with Crippen LogP contribution in [0.15, 0.2) is 0 Å². The highest BCUT2D eigenvalue weighted by Gasteiger charge is 2.24. The molecule has 0 aromatic carbocycles. The summed E-state index contributed by atoms with van der Waals surface area (Å²) in [4.78, 5) is 10.0. The highest BCUT2D eigenvalue weighted by atomic mass is 35.5. The van der Waals surface area contributed by atoms with Crippen LogP contribution in [-0.2, 0) is 4.79 Å². The number of carbonyl (C=O) groups is 1. The molecule has 1 aliphatic carbocycles. The van der Waals surface area contributed by atoms with Crippen molar-refractivity contribution in [2.24, 2.45) is 5.92 Å². The Morgan fingerprint density at radius 2 is 2.33 bits per heavy atom. The van der Waals surface area contributed by atoms with E-state index in [0.717, 1.165) is 19.1 Å². The van der Waals surface area contributed by atoms with E-state index >= 15 is 0 Å². The fraction of sp³-hybridized carbons (Fsp3) is 0.857. The first-order valence-electron chi connectivity index (χ1n) is 3.42. The second kappa shape index (κ2) is 3.21. The zero-order chi connectivity index (χ0) is 6.69. The lowest BCUT2D eigenvalue weighted by Gasteiger charge is -2.07. The van der Waals surface area contributed by atoms with Crippen molar-refractivity contribution in [3.8, 4) is 0 Å². The number of carbonyl (C=O) groups excluding carboxylic acids is 1. The molecule has 9 heavy (non-hydrogen) atoms. The topological polar surface area (TPSA) is 17.1 Å². The molecule has 0 bridgehead atoms. The van der Waals surface area contributed by atoms with Crippen LogP contribution >= 0.6 is 11.6 Å². The summed E-state index contributed by atoms with van der Waals surface area (Å²) in [6, 6.07) is 0. The summed E-state index contributed by atoms with van der Waals surface area (Å²) < 4.78 is 0. The second-order valence-electron chi connectivity index (χ2n) is 2.61.